The van der Waals surface area contributed by atoms with Gasteiger partial charge in [0, 0.05) is 90.9 Å². The molecule has 5 rings (SSSR count). The van der Waals surface area contributed by atoms with E-state index in [1.165, 1.54) is 31.3 Å². The smallest absolute Gasteiger partial charge is 0.414 e. The average molecular weight is 1380 g/mol. The maximum absolute atomic E-state index is 14.3. The molecular weight excluding hydrogens is 1280 g/mol. The number of nitrogens with zero attached hydrogens (tertiary/aromatic N) is 5. The molecule has 0 bridgehead atoms. The van der Waals surface area contributed by atoms with Crippen LogP contribution in [0.5, 0.6) is 0 Å². The summed E-state index contributed by atoms with van der Waals surface area (Å²) in [6.07, 6.45) is 4.82. The van der Waals surface area contributed by atoms with Gasteiger partial charge in [-0.25, -0.2) is 14.4 Å². The van der Waals surface area contributed by atoms with E-state index < -0.39 is 90.7 Å². The maximum atomic E-state index is 14.3. The van der Waals surface area contributed by atoms with E-state index in [1.54, 1.807) is 91.5 Å². The predicted octanol–water partition coefficient (Wildman–Crippen LogP) is 4.28. The normalized spacial score (nSPS) is 16.0. The number of likely N-dealkylation sites (N-methyl/N-ethyl adjacent to an activating group) is 2. The summed E-state index contributed by atoms with van der Waals surface area (Å²) >= 11 is 0. The van der Waals surface area contributed by atoms with Gasteiger partial charge in [-0.3, -0.25) is 57.9 Å². The summed E-state index contributed by atoms with van der Waals surface area (Å²) in [6, 6.07) is 18.3. The number of ether oxygens (including phenoxy) is 3. The number of likely N-dealkylation sites (tertiary alicyclic amines) is 1. The van der Waals surface area contributed by atoms with Gasteiger partial charge in [-0.05, 0) is 105 Å². The highest BCUT2D eigenvalue weighted by Gasteiger charge is 2.43. The number of hydrogen-bond donors (Lipinski definition) is 8. The Morgan fingerprint density at radius 2 is 1.38 bits per heavy atom. The molecule has 0 saturated carbocycles. The summed E-state index contributed by atoms with van der Waals surface area (Å²) in [7, 11) is 8.04. The third kappa shape index (κ3) is 25.2. The largest absolute Gasteiger partial charge is 0.480 e. The third-order valence-electron chi connectivity index (χ3n) is 18.2. The summed E-state index contributed by atoms with van der Waals surface area (Å²) in [6.45, 7) is 9.97. The van der Waals surface area contributed by atoms with Gasteiger partial charge in [0.25, 0.3) is 11.8 Å². The van der Waals surface area contributed by atoms with Crippen LogP contribution in [0.3, 0.4) is 0 Å². The van der Waals surface area contributed by atoms with E-state index >= 15 is 0 Å². The van der Waals surface area contributed by atoms with E-state index in [0.29, 0.717) is 75.0 Å². The fraction of sp³-hybridized carbons (Fsp3) is 0.549. The first-order chi connectivity index (χ1) is 47.2. The predicted molar refractivity (Wildman–Crippen MR) is 370 cm³/mol. The Kier molecular flexibility index (Phi) is 32.9. The molecule has 1 unspecified atom stereocenters. The van der Waals surface area contributed by atoms with Gasteiger partial charge in [-0.2, -0.15) is 0 Å². The molecule has 2 heterocycles. The molecule has 1 fully saturated rings. The van der Waals surface area contributed by atoms with Crippen LogP contribution in [0.4, 0.5) is 21.0 Å². The summed E-state index contributed by atoms with van der Waals surface area (Å²) in [5.74, 6) is -6.00. The van der Waals surface area contributed by atoms with Crippen LogP contribution in [0, 0.1) is 17.8 Å². The van der Waals surface area contributed by atoms with Gasteiger partial charge in [0.05, 0.1) is 55.8 Å². The zero-order valence-electron chi connectivity index (χ0n) is 58.8. The molecule has 0 aromatic heterocycles. The Bertz CT molecular complexity index is 3230. The number of primary amides is 1. The molecule has 542 valence electrons. The van der Waals surface area contributed by atoms with Crippen molar-refractivity contribution in [2.75, 3.05) is 84.8 Å². The number of amides is 12. The van der Waals surface area contributed by atoms with Crippen LogP contribution in [-0.4, -0.2) is 213 Å². The zero-order chi connectivity index (χ0) is 72.9. The second-order valence-electron chi connectivity index (χ2n) is 25.6. The molecule has 0 spiro atoms. The van der Waals surface area contributed by atoms with Crippen molar-refractivity contribution in [2.24, 2.45) is 23.5 Å². The van der Waals surface area contributed by atoms with Crippen molar-refractivity contribution in [1.29, 1.82) is 0 Å². The molecule has 1 saturated heterocycles. The van der Waals surface area contributed by atoms with Gasteiger partial charge in [-0.1, -0.05) is 102 Å². The standard InChI is InChI=1S/C71H102N12O16/c1-11-46(4)64(56(97-9)41-61(88)82-38-19-23-55(82)65(98-10)47(5)66(90)78-54(69(93)94)40-49-20-14-12-15-21-49)81(8)62(89)43-75-68(92)63(45(2)3)79(6)39-35-48-27-31-52(32-28-48)80(7)71(96)99-44-50-25-29-51(30-26-50)76-67(91)53(22-18-36-73-70(72)95)77-58(85)42-74-57(84)24-16-13-17-37-83-59(86)33-34-60(83)87/h12,14-15,20-21,25-34,45-47,53-56,63-65H,11,13,16-19,22-24,35-44H2,1-10H3,(H,74,84)(H,75,92)(H,76,91)(H,77,85)(H,78,90)(H,93,94)(H3,72,73,95)/t46-,47+,53-,54-,55-,56+,63?,64-,65+/m0/s1. The fourth-order valence-corrected chi connectivity index (χ4v) is 12.4. The number of rotatable bonds is 41. The topological polar surface area (TPSA) is 367 Å². The lowest BCUT2D eigenvalue weighted by atomic mass is 9.90. The number of methoxy groups -OCH3 is 2. The minimum Gasteiger partial charge on any atom is -0.480 e. The highest BCUT2D eigenvalue weighted by molar-refractivity contribution is 6.12. The first-order valence-electron chi connectivity index (χ1n) is 33.9. The number of hydrogen-bond acceptors (Lipinski definition) is 16. The summed E-state index contributed by atoms with van der Waals surface area (Å²) < 4.78 is 17.5. The number of benzene rings is 3. The van der Waals surface area contributed by atoms with Crippen molar-refractivity contribution in [3.05, 3.63) is 108 Å². The molecule has 3 aromatic carbocycles. The number of aliphatic carboxylic acids is 1. The summed E-state index contributed by atoms with van der Waals surface area (Å²) in [5, 5.41) is 25.9. The van der Waals surface area contributed by atoms with Crippen molar-refractivity contribution in [2.45, 2.75) is 161 Å². The van der Waals surface area contributed by atoms with Crippen LogP contribution >= 0.6 is 0 Å². The monoisotopic (exact) mass is 1380 g/mol. The van der Waals surface area contributed by atoms with E-state index in [-0.39, 0.29) is 106 Å². The third-order valence-corrected chi connectivity index (χ3v) is 18.2. The van der Waals surface area contributed by atoms with Crippen LogP contribution in [0.15, 0.2) is 91.0 Å². The van der Waals surface area contributed by atoms with Gasteiger partial charge in [0.2, 0.25) is 41.4 Å². The second kappa shape index (κ2) is 40.6. The lowest BCUT2D eigenvalue weighted by Gasteiger charge is -2.39. The van der Waals surface area contributed by atoms with E-state index in [9.17, 15) is 62.6 Å². The van der Waals surface area contributed by atoms with Gasteiger partial charge in [0.1, 0.15) is 18.7 Å². The Balaban J connectivity index is 1.07. The zero-order valence-corrected chi connectivity index (χ0v) is 58.8. The van der Waals surface area contributed by atoms with E-state index in [0.717, 1.165) is 16.0 Å². The van der Waals surface area contributed by atoms with Crippen LogP contribution in [0.2, 0.25) is 0 Å². The number of nitrogens with two attached hydrogens (primary N) is 1. The highest BCUT2D eigenvalue weighted by Crippen LogP contribution is 2.30. The summed E-state index contributed by atoms with van der Waals surface area (Å²) in [4.78, 5) is 163. The molecule has 0 aliphatic carbocycles. The quantitative estimate of drug-likeness (QED) is 0.0290. The van der Waals surface area contributed by atoms with Crippen molar-refractivity contribution >= 4 is 82.6 Å². The average Bonchev–Trinajstić information content (AvgIpc) is 1.77. The molecule has 2 aliphatic rings. The van der Waals surface area contributed by atoms with Crippen molar-refractivity contribution < 1.29 is 76.9 Å². The number of carboxylic acid groups (broad SMARTS) is 1. The molecule has 9 N–H and O–H groups in total. The minimum absolute atomic E-state index is 0.0786. The van der Waals surface area contributed by atoms with Crippen LogP contribution in [0.1, 0.15) is 116 Å². The fourth-order valence-electron chi connectivity index (χ4n) is 12.4. The van der Waals surface area contributed by atoms with Crippen molar-refractivity contribution in [3.63, 3.8) is 0 Å². The molecule has 28 nitrogen and oxygen atoms in total. The van der Waals surface area contributed by atoms with Gasteiger partial charge >= 0.3 is 18.1 Å². The number of carboxylic acids is 1. The van der Waals surface area contributed by atoms with E-state index in [1.807, 2.05) is 57.8 Å². The molecule has 28 heteroatoms. The van der Waals surface area contributed by atoms with Crippen LogP contribution in [-0.2, 0) is 81.6 Å². The van der Waals surface area contributed by atoms with Crippen LogP contribution < -0.4 is 42.5 Å². The maximum Gasteiger partial charge on any atom is 0.414 e. The van der Waals surface area contributed by atoms with Crippen molar-refractivity contribution in [1.82, 2.24) is 46.2 Å². The molecular formula is C71H102N12O16. The number of imide groups is 1. The summed E-state index contributed by atoms with van der Waals surface area (Å²) in [5.41, 5.74) is 8.44. The molecule has 0 radical (unpaired) electrons. The number of urea groups is 1. The first-order valence-corrected chi connectivity index (χ1v) is 33.9. The second-order valence-corrected chi connectivity index (χ2v) is 25.6. The van der Waals surface area contributed by atoms with Gasteiger partial charge in [0.15, 0.2) is 0 Å². The van der Waals surface area contributed by atoms with Crippen molar-refractivity contribution in [3.8, 4) is 0 Å². The molecule has 12 amide bonds. The number of anilines is 2. The molecule has 2 aliphatic heterocycles. The molecule has 9 atom stereocenters. The first kappa shape index (κ1) is 80.4. The molecule has 99 heavy (non-hydrogen) atoms. The number of carbonyl (C=O) groups excluding carboxylic acids is 11. The number of nitrogens with one attached hydrogen (secondary N) is 6. The number of carbonyl (C=O) groups is 12. The van der Waals surface area contributed by atoms with E-state index in [4.69, 9.17) is 19.9 Å². The van der Waals surface area contributed by atoms with Gasteiger partial charge < -0.3 is 66.8 Å². The lowest BCUT2D eigenvalue weighted by Crippen LogP contribution is -2.55. The van der Waals surface area contributed by atoms with Crippen LogP contribution in [0.25, 0.3) is 0 Å². The number of unbranched alkanes of at least 4 members (excludes halogenated alkanes) is 2. The SMILES string of the molecule is CC[C@H](C)[C@@H]([C@@H](CC(=O)N1CCC[C@H]1[C@H](OC)[C@@H](C)C(=O)N[C@@H](Cc1ccccc1)C(=O)O)OC)N(C)C(=O)CNC(=O)C(C(C)C)N(C)CCc1ccc(N(C)C(=O)OCc2ccc(NC(=O)[C@H](CCCNC(N)=O)NC(=O)CNC(=O)CCCCCN3C(=O)C=CC3=O)cc2)cc1. The Labute approximate surface area is 580 Å². The lowest BCUT2D eigenvalue weighted by molar-refractivity contribution is -0.147. The minimum atomic E-state index is -1.17. The Hall–Kier alpha value is -9.28. The van der Waals surface area contributed by atoms with E-state index in [2.05, 4.69) is 31.9 Å². The molecule has 3 aromatic rings. The highest BCUT2D eigenvalue weighted by atomic mass is 16.6. The Morgan fingerprint density at radius 1 is 0.717 bits per heavy atom. The van der Waals surface area contributed by atoms with Gasteiger partial charge in [-0.15, -0.1) is 0 Å². The Morgan fingerprint density at radius 3 is 2.00 bits per heavy atom.